The van der Waals surface area contributed by atoms with Crippen molar-refractivity contribution >= 4 is 38.3 Å². The zero-order valence-electron chi connectivity index (χ0n) is 11.5. The minimum absolute atomic E-state index is 0.0458. The van der Waals surface area contributed by atoms with E-state index in [4.69, 9.17) is 15.2 Å². The van der Waals surface area contributed by atoms with Gasteiger partial charge in [-0.25, -0.2) is 4.98 Å². The number of aromatic nitrogens is 1. The van der Waals surface area contributed by atoms with Gasteiger partial charge in [-0.1, -0.05) is 11.3 Å². The Bertz CT molecular complexity index is 639. The summed E-state index contributed by atoms with van der Waals surface area (Å²) in [7, 11) is 0. The number of hydrogen-bond donors (Lipinski definition) is 2. The number of fused-ring (bicyclic) bond motifs is 1. The summed E-state index contributed by atoms with van der Waals surface area (Å²) in [5, 5.41) is 3.42. The molecule has 0 radical (unpaired) electrons. The lowest BCUT2D eigenvalue weighted by Crippen LogP contribution is -2.36. The van der Waals surface area contributed by atoms with Gasteiger partial charge in [-0.2, -0.15) is 0 Å². The van der Waals surface area contributed by atoms with Crippen LogP contribution in [-0.4, -0.2) is 36.8 Å². The highest BCUT2D eigenvalue weighted by atomic mass is 32.1. The summed E-state index contributed by atoms with van der Waals surface area (Å²) in [6.45, 7) is 1.92. The van der Waals surface area contributed by atoms with Crippen LogP contribution in [-0.2, 0) is 14.3 Å². The van der Waals surface area contributed by atoms with Gasteiger partial charge in [0.25, 0.3) is 0 Å². The van der Waals surface area contributed by atoms with Crippen LogP contribution in [0.15, 0.2) is 18.2 Å². The summed E-state index contributed by atoms with van der Waals surface area (Å²) < 4.78 is 11.5. The van der Waals surface area contributed by atoms with E-state index in [1.807, 2.05) is 12.1 Å². The smallest absolute Gasteiger partial charge is 0.226 e. The van der Waals surface area contributed by atoms with Gasteiger partial charge in [-0.05, 0) is 24.6 Å². The first-order valence-electron chi connectivity index (χ1n) is 6.86. The largest absolute Gasteiger partial charge is 0.399 e. The number of ether oxygens (including phenoxy) is 2. The maximum atomic E-state index is 11.8. The van der Waals surface area contributed by atoms with E-state index in [2.05, 4.69) is 10.3 Å². The number of carbonyl (C=O) groups excluding carboxylic acids is 1. The van der Waals surface area contributed by atoms with Crippen LogP contribution in [0.5, 0.6) is 0 Å². The molecule has 0 bridgehead atoms. The number of thiazole rings is 1. The molecule has 0 atom stereocenters. The van der Waals surface area contributed by atoms with Crippen LogP contribution in [0.1, 0.15) is 12.8 Å². The molecule has 3 rings (SSSR count). The van der Waals surface area contributed by atoms with Crippen LogP contribution in [0.25, 0.3) is 10.2 Å². The first-order valence-corrected chi connectivity index (χ1v) is 7.67. The van der Waals surface area contributed by atoms with Crippen LogP contribution in [0.2, 0.25) is 0 Å². The second-order valence-electron chi connectivity index (χ2n) is 4.93. The highest BCUT2D eigenvalue weighted by Gasteiger charge is 2.18. The number of benzene rings is 1. The molecular formula is C14H17N3O3S. The molecule has 3 N–H and O–H groups in total. The summed E-state index contributed by atoms with van der Waals surface area (Å²) in [6.07, 6.45) is 1.33. The number of nitrogens with zero attached hydrogens (tertiary/aromatic N) is 1. The number of nitrogens with one attached hydrogen (secondary N) is 1. The van der Waals surface area contributed by atoms with E-state index < -0.39 is 0 Å². The Kier molecular flexibility index (Phi) is 4.33. The quantitative estimate of drug-likeness (QED) is 0.630. The van der Waals surface area contributed by atoms with Crippen molar-refractivity contribution < 1.29 is 14.3 Å². The van der Waals surface area contributed by atoms with Gasteiger partial charge in [-0.15, -0.1) is 0 Å². The molecule has 1 amide bonds. The topological polar surface area (TPSA) is 86.5 Å². The summed E-state index contributed by atoms with van der Waals surface area (Å²) in [5.74, 6) is -0.0458. The van der Waals surface area contributed by atoms with E-state index in [1.54, 1.807) is 6.07 Å². The number of hydrogen-bond acceptors (Lipinski definition) is 6. The van der Waals surface area contributed by atoms with Gasteiger partial charge in [0.05, 0.1) is 23.4 Å². The predicted molar refractivity (Wildman–Crippen MR) is 82.5 cm³/mol. The fraction of sp³-hybridized carbons (Fsp3) is 0.429. The number of anilines is 2. The molecule has 1 saturated heterocycles. The monoisotopic (exact) mass is 307 g/mol. The Morgan fingerprint density at radius 3 is 3.14 bits per heavy atom. The number of nitrogens with two attached hydrogens (primary N) is 1. The molecule has 7 heteroatoms. The first-order chi connectivity index (χ1) is 10.2. The lowest BCUT2D eigenvalue weighted by atomic mass is 10.3. The van der Waals surface area contributed by atoms with Gasteiger partial charge in [0.2, 0.25) is 5.91 Å². The summed E-state index contributed by atoms with van der Waals surface area (Å²) >= 11 is 1.43. The van der Waals surface area contributed by atoms with Crippen molar-refractivity contribution in [3.05, 3.63) is 18.2 Å². The van der Waals surface area contributed by atoms with Gasteiger partial charge in [0, 0.05) is 18.7 Å². The molecule has 1 aliphatic heterocycles. The molecule has 112 valence electrons. The maximum Gasteiger partial charge on any atom is 0.226 e. The lowest BCUT2D eigenvalue weighted by molar-refractivity contribution is -0.131. The molecule has 0 spiro atoms. The molecule has 6 nitrogen and oxygen atoms in total. The molecule has 1 fully saturated rings. The van der Waals surface area contributed by atoms with E-state index in [1.165, 1.54) is 11.3 Å². The molecular weight excluding hydrogens is 290 g/mol. The second kappa shape index (κ2) is 6.38. The predicted octanol–water partition coefficient (Wildman–Crippen LogP) is 2.01. The van der Waals surface area contributed by atoms with E-state index in [0.29, 0.717) is 43.5 Å². The number of nitrogen functional groups attached to an aromatic ring is 1. The number of carbonyl (C=O) groups is 1. The van der Waals surface area contributed by atoms with Crippen molar-refractivity contribution in [2.75, 3.05) is 30.9 Å². The van der Waals surface area contributed by atoms with Gasteiger partial charge < -0.3 is 20.5 Å². The SMILES string of the molecule is Nc1ccc2nc(NC(=O)CCCOC3COC3)sc2c1. The fourth-order valence-corrected chi connectivity index (χ4v) is 2.90. The molecule has 0 aliphatic carbocycles. The maximum absolute atomic E-state index is 11.8. The second-order valence-corrected chi connectivity index (χ2v) is 5.96. The Morgan fingerprint density at radius 2 is 2.38 bits per heavy atom. The Hall–Kier alpha value is -1.70. The molecule has 0 unspecified atom stereocenters. The summed E-state index contributed by atoms with van der Waals surface area (Å²) in [4.78, 5) is 16.2. The van der Waals surface area contributed by atoms with Crippen LogP contribution < -0.4 is 11.1 Å². The van der Waals surface area contributed by atoms with E-state index >= 15 is 0 Å². The van der Waals surface area contributed by atoms with Crippen LogP contribution in [0, 0.1) is 0 Å². The molecule has 1 aromatic carbocycles. The minimum Gasteiger partial charge on any atom is -0.399 e. The van der Waals surface area contributed by atoms with Crippen molar-refractivity contribution in [2.45, 2.75) is 18.9 Å². The van der Waals surface area contributed by atoms with E-state index in [0.717, 1.165) is 10.2 Å². The van der Waals surface area contributed by atoms with E-state index in [9.17, 15) is 4.79 Å². The Morgan fingerprint density at radius 1 is 1.52 bits per heavy atom. The zero-order valence-corrected chi connectivity index (χ0v) is 12.3. The third kappa shape index (κ3) is 3.69. The third-order valence-corrected chi connectivity index (χ3v) is 4.10. The minimum atomic E-state index is -0.0458. The zero-order chi connectivity index (χ0) is 14.7. The van der Waals surface area contributed by atoms with Crippen molar-refractivity contribution in [1.29, 1.82) is 0 Å². The van der Waals surface area contributed by atoms with Gasteiger partial charge in [0.1, 0.15) is 6.10 Å². The van der Waals surface area contributed by atoms with Crippen molar-refractivity contribution in [3.8, 4) is 0 Å². The Balaban J connectivity index is 1.46. The summed E-state index contributed by atoms with van der Waals surface area (Å²) in [5.41, 5.74) is 7.27. The van der Waals surface area contributed by atoms with Crippen LogP contribution in [0.3, 0.4) is 0 Å². The average Bonchev–Trinajstić information content (AvgIpc) is 2.77. The normalized spacial score (nSPS) is 15.0. The van der Waals surface area contributed by atoms with E-state index in [-0.39, 0.29) is 12.0 Å². The van der Waals surface area contributed by atoms with Gasteiger partial charge in [0.15, 0.2) is 5.13 Å². The van der Waals surface area contributed by atoms with Crippen molar-refractivity contribution in [3.63, 3.8) is 0 Å². The van der Waals surface area contributed by atoms with Crippen LogP contribution >= 0.6 is 11.3 Å². The number of rotatable bonds is 6. The molecule has 2 aromatic rings. The molecule has 1 aromatic heterocycles. The third-order valence-electron chi connectivity index (χ3n) is 3.17. The number of amides is 1. The molecule has 2 heterocycles. The highest BCUT2D eigenvalue weighted by molar-refractivity contribution is 7.22. The summed E-state index contributed by atoms with van der Waals surface area (Å²) in [6, 6.07) is 5.51. The Labute approximate surface area is 126 Å². The lowest BCUT2D eigenvalue weighted by Gasteiger charge is -2.25. The molecule has 0 saturated carbocycles. The highest BCUT2D eigenvalue weighted by Crippen LogP contribution is 2.27. The molecule has 21 heavy (non-hydrogen) atoms. The van der Waals surface area contributed by atoms with Gasteiger partial charge >= 0.3 is 0 Å². The van der Waals surface area contributed by atoms with Crippen LogP contribution in [0.4, 0.5) is 10.8 Å². The average molecular weight is 307 g/mol. The standard InChI is InChI=1S/C14H17N3O3S/c15-9-3-4-11-12(6-9)21-14(16-11)17-13(18)2-1-5-20-10-7-19-8-10/h3-4,6,10H,1-2,5,7-8,15H2,(H,16,17,18). The van der Waals surface area contributed by atoms with Crippen molar-refractivity contribution in [1.82, 2.24) is 4.98 Å². The van der Waals surface area contributed by atoms with Gasteiger partial charge in [-0.3, -0.25) is 4.79 Å². The fourth-order valence-electron chi connectivity index (χ4n) is 1.97. The molecule has 1 aliphatic rings. The first kappa shape index (κ1) is 14.2. The van der Waals surface area contributed by atoms with Crippen molar-refractivity contribution in [2.24, 2.45) is 0 Å².